The van der Waals surface area contributed by atoms with E-state index in [2.05, 4.69) is 5.32 Å². The SMILES string of the molecule is C.C[C@@H](c1ccc([N+](=O)[O-])cc1)[C@@H](N)C(=O)O.C[C@@H](c1ccc([N+](=O)[O-])cc1)[C@@H](NC(=O)OC(C)(C)C)C(=O)O.C[C@H](c1ccc([N+](=O)[O-])cc1)[C@H](N)C(=O)O. The first-order valence-electron chi connectivity index (χ1n) is 16.3. The Bertz CT molecular complexity index is 1730. The fourth-order valence-corrected chi connectivity index (χ4v) is 4.57. The number of carbonyl (C=O) groups is 4. The second-order valence-electron chi connectivity index (χ2n) is 13.1. The Morgan fingerprint density at radius 3 is 1.07 bits per heavy atom. The van der Waals surface area contributed by atoms with Gasteiger partial charge in [0.25, 0.3) is 17.1 Å². The van der Waals surface area contributed by atoms with Gasteiger partial charge in [-0.1, -0.05) is 64.6 Å². The third-order valence-corrected chi connectivity index (χ3v) is 7.98. The molecule has 6 atom stereocenters. The number of nitrogens with two attached hydrogens (primary N) is 2. The summed E-state index contributed by atoms with van der Waals surface area (Å²) in [5, 5.41) is 60.5. The summed E-state index contributed by atoms with van der Waals surface area (Å²) < 4.78 is 5.05. The van der Waals surface area contributed by atoms with Gasteiger partial charge in [0.2, 0.25) is 0 Å². The van der Waals surface area contributed by atoms with Gasteiger partial charge in [-0.15, -0.1) is 0 Å². The van der Waals surface area contributed by atoms with Crippen molar-refractivity contribution in [3.8, 4) is 0 Å². The van der Waals surface area contributed by atoms with Gasteiger partial charge in [0.15, 0.2) is 0 Å². The molecule has 0 heterocycles. The molecule has 0 aliphatic heterocycles. The average Bonchev–Trinajstić information content (AvgIpc) is 3.12. The number of non-ortho nitro benzene ring substituents is 3. The van der Waals surface area contributed by atoms with Crippen molar-refractivity contribution < 1.29 is 54.0 Å². The number of hydrogen-bond acceptors (Lipinski definition) is 13. The highest BCUT2D eigenvalue weighted by Crippen LogP contribution is 2.24. The van der Waals surface area contributed by atoms with Crippen molar-refractivity contribution in [2.45, 2.75) is 90.4 Å². The Labute approximate surface area is 321 Å². The fraction of sp³-hybridized carbons (Fsp3) is 0.389. The number of amides is 1. The zero-order valence-corrected chi connectivity index (χ0v) is 30.7. The van der Waals surface area contributed by atoms with E-state index in [0.29, 0.717) is 16.7 Å². The molecule has 306 valence electrons. The summed E-state index contributed by atoms with van der Waals surface area (Å²) in [6.45, 7) is 9.95. The van der Waals surface area contributed by atoms with E-state index in [1.54, 1.807) is 41.5 Å². The van der Waals surface area contributed by atoms with Gasteiger partial charge in [0, 0.05) is 54.2 Å². The van der Waals surface area contributed by atoms with Gasteiger partial charge in [-0.25, -0.2) is 9.59 Å². The van der Waals surface area contributed by atoms with E-state index in [0.717, 1.165) is 0 Å². The van der Waals surface area contributed by atoms with Crippen LogP contribution in [0.1, 0.15) is 83.4 Å². The number of nitro groups is 3. The monoisotopic (exact) mass is 788 g/mol. The van der Waals surface area contributed by atoms with Crippen molar-refractivity contribution in [3.63, 3.8) is 0 Å². The lowest BCUT2D eigenvalue weighted by Gasteiger charge is -2.25. The van der Waals surface area contributed by atoms with Crippen molar-refractivity contribution >= 4 is 41.1 Å². The second kappa shape index (κ2) is 22.0. The van der Waals surface area contributed by atoms with Gasteiger partial charge in [-0.3, -0.25) is 39.9 Å². The first-order chi connectivity index (χ1) is 25.4. The maximum atomic E-state index is 11.8. The second-order valence-corrected chi connectivity index (χ2v) is 13.1. The summed E-state index contributed by atoms with van der Waals surface area (Å²) in [7, 11) is 0. The number of nitrogens with one attached hydrogen (secondary N) is 1. The minimum Gasteiger partial charge on any atom is -0.480 e. The van der Waals surface area contributed by atoms with Crippen molar-refractivity contribution in [2.24, 2.45) is 11.5 Å². The quantitative estimate of drug-likeness (QED) is 0.0915. The Morgan fingerprint density at radius 1 is 0.589 bits per heavy atom. The normalized spacial score (nSPS) is 13.7. The largest absolute Gasteiger partial charge is 0.480 e. The van der Waals surface area contributed by atoms with E-state index < -0.39 is 80.3 Å². The molecule has 56 heavy (non-hydrogen) atoms. The first-order valence-corrected chi connectivity index (χ1v) is 16.3. The number of ether oxygens (including phenoxy) is 1. The molecule has 3 aromatic carbocycles. The van der Waals surface area contributed by atoms with Gasteiger partial charge >= 0.3 is 24.0 Å². The standard InChI is InChI=1S/C15H20N2O6.2C10H12N2O4.CH4/c1-9(10-5-7-11(8-6-10)17(21)22)12(13(18)19)16-14(20)23-15(2,3)4;2*1-6(9(11)10(13)14)7-2-4-8(5-3-7)12(15)16;/h5-9,12H,1-4H3,(H,16,20)(H,18,19);2*2-6,9H,11H2,1H3,(H,13,14);1H4/t9-,12+;2*6-,9+;/m010./s1. The summed E-state index contributed by atoms with van der Waals surface area (Å²) in [6, 6.07) is 13.7. The summed E-state index contributed by atoms with van der Waals surface area (Å²) >= 11 is 0. The smallest absolute Gasteiger partial charge is 0.408 e. The fourth-order valence-electron chi connectivity index (χ4n) is 4.57. The molecule has 0 saturated carbocycles. The third-order valence-electron chi connectivity index (χ3n) is 7.98. The maximum absolute atomic E-state index is 11.8. The number of rotatable bonds is 13. The number of carbonyl (C=O) groups excluding carboxylic acids is 1. The van der Waals surface area contributed by atoms with E-state index in [1.165, 1.54) is 72.8 Å². The van der Waals surface area contributed by atoms with Gasteiger partial charge in [0.1, 0.15) is 23.7 Å². The Kier molecular flexibility index (Phi) is 19.4. The molecule has 20 heteroatoms. The molecular formula is C36H48N6O14. The van der Waals surface area contributed by atoms with Gasteiger partial charge in [0.05, 0.1) is 14.8 Å². The molecular weight excluding hydrogens is 740 g/mol. The minimum absolute atomic E-state index is 0. The summed E-state index contributed by atoms with van der Waals surface area (Å²) in [5.74, 6) is -4.78. The molecule has 3 aromatic rings. The molecule has 0 fully saturated rings. The highest BCUT2D eigenvalue weighted by Gasteiger charge is 2.30. The molecule has 0 aliphatic rings. The van der Waals surface area contributed by atoms with Crippen LogP contribution in [0.2, 0.25) is 0 Å². The number of carboxylic acid groups (broad SMARTS) is 3. The molecule has 20 nitrogen and oxygen atoms in total. The summed E-state index contributed by atoms with van der Waals surface area (Å²) in [6.07, 6.45) is -0.835. The molecule has 0 spiro atoms. The van der Waals surface area contributed by atoms with Crippen LogP contribution < -0.4 is 16.8 Å². The van der Waals surface area contributed by atoms with Gasteiger partial charge in [-0.05, 0) is 37.5 Å². The van der Waals surface area contributed by atoms with Crippen LogP contribution in [0.5, 0.6) is 0 Å². The third kappa shape index (κ3) is 15.8. The average molecular weight is 789 g/mol. The van der Waals surface area contributed by atoms with Gasteiger partial charge < -0.3 is 36.8 Å². The summed E-state index contributed by atoms with van der Waals surface area (Å²) in [5.41, 5.74) is 11.9. The van der Waals surface area contributed by atoms with Gasteiger partial charge in [-0.2, -0.15) is 0 Å². The number of benzene rings is 3. The maximum Gasteiger partial charge on any atom is 0.408 e. The lowest BCUT2D eigenvalue weighted by atomic mass is 9.93. The number of nitro benzene ring substituents is 3. The molecule has 1 amide bonds. The van der Waals surface area contributed by atoms with Crippen LogP contribution in [0.15, 0.2) is 72.8 Å². The van der Waals surface area contributed by atoms with Crippen LogP contribution >= 0.6 is 0 Å². The topological polar surface area (TPSA) is 332 Å². The molecule has 0 aliphatic carbocycles. The zero-order chi connectivity index (χ0) is 42.4. The number of aliphatic carboxylic acids is 3. The highest BCUT2D eigenvalue weighted by molar-refractivity contribution is 5.81. The molecule has 0 saturated heterocycles. The van der Waals surface area contributed by atoms with E-state index in [1.807, 2.05) is 0 Å². The number of hydrogen-bond donors (Lipinski definition) is 6. The van der Waals surface area contributed by atoms with Crippen molar-refractivity contribution in [1.29, 1.82) is 0 Å². The predicted molar refractivity (Wildman–Crippen MR) is 203 cm³/mol. The van der Waals surface area contributed by atoms with Crippen LogP contribution in [0.4, 0.5) is 21.9 Å². The van der Waals surface area contributed by atoms with Crippen molar-refractivity contribution in [3.05, 3.63) is 120 Å². The number of carboxylic acids is 3. The lowest BCUT2D eigenvalue weighted by Crippen LogP contribution is -2.46. The Balaban J connectivity index is 0.000000823. The predicted octanol–water partition coefficient (Wildman–Crippen LogP) is 5.53. The van der Waals surface area contributed by atoms with E-state index in [4.69, 9.17) is 26.4 Å². The minimum atomic E-state index is -1.22. The summed E-state index contributed by atoms with van der Waals surface area (Å²) in [4.78, 5) is 74.4. The van der Waals surface area contributed by atoms with Crippen LogP contribution in [0.3, 0.4) is 0 Å². The van der Waals surface area contributed by atoms with E-state index in [9.17, 15) is 54.6 Å². The molecule has 0 aromatic heterocycles. The molecule has 8 N–H and O–H groups in total. The molecule has 3 rings (SSSR count). The van der Waals surface area contributed by atoms with Crippen LogP contribution in [-0.2, 0) is 19.1 Å². The van der Waals surface area contributed by atoms with Crippen LogP contribution in [0, 0.1) is 30.3 Å². The highest BCUT2D eigenvalue weighted by atomic mass is 16.6. The number of nitrogens with zero attached hydrogens (tertiary/aromatic N) is 3. The molecule has 0 radical (unpaired) electrons. The molecule has 0 unspecified atom stereocenters. The van der Waals surface area contributed by atoms with Crippen LogP contribution in [0.25, 0.3) is 0 Å². The van der Waals surface area contributed by atoms with Crippen molar-refractivity contribution in [1.82, 2.24) is 5.32 Å². The number of alkyl carbamates (subject to hydrolysis) is 1. The van der Waals surface area contributed by atoms with Crippen LogP contribution in [-0.4, -0.2) is 77.8 Å². The molecule has 0 bridgehead atoms. The lowest BCUT2D eigenvalue weighted by molar-refractivity contribution is -0.385. The Morgan fingerprint density at radius 2 is 0.857 bits per heavy atom. The first kappa shape index (κ1) is 49.5. The Hall–Kier alpha value is -6.54. The van der Waals surface area contributed by atoms with Crippen molar-refractivity contribution in [2.75, 3.05) is 0 Å². The van der Waals surface area contributed by atoms with E-state index in [-0.39, 0.29) is 24.5 Å². The zero-order valence-electron chi connectivity index (χ0n) is 30.7. The van der Waals surface area contributed by atoms with E-state index >= 15 is 0 Å².